The van der Waals surface area contributed by atoms with Crippen LogP contribution in [0.1, 0.15) is 31.9 Å². The Balaban J connectivity index is 2.61. The summed E-state index contributed by atoms with van der Waals surface area (Å²) in [4.78, 5) is 11.3. The van der Waals surface area contributed by atoms with Crippen LogP contribution in [0, 0.1) is 0 Å². The van der Waals surface area contributed by atoms with Crippen LogP contribution < -0.4 is 4.74 Å². The van der Waals surface area contributed by atoms with E-state index in [1.54, 1.807) is 0 Å². The van der Waals surface area contributed by atoms with Gasteiger partial charge in [-0.3, -0.25) is 4.79 Å². The number of rotatable bonds is 1. The Bertz CT molecular complexity index is 658. The average molecular weight is 353 g/mol. The van der Waals surface area contributed by atoms with Crippen LogP contribution in [0.2, 0.25) is 5.02 Å². The Kier molecular flexibility index (Phi) is 4.26. The third-order valence-corrected chi connectivity index (χ3v) is 3.80. The predicted molar refractivity (Wildman–Crippen MR) is 79.5 cm³/mol. The number of benzene rings is 1. The van der Waals surface area contributed by atoms with Crippen molar-refractivity contribution in [2.24, 2.45) is 0 Å². The molecule has 120 valence electrons. The van der Waals surface area contributed by atoms with Crippen LogP contribution >= 0.6 is 23.2 Å². The van der Waals surface area contributed by atoms with Crippen LogP contribution in [-0.4, -0.2) is 17.5 Å². The SMILES string of the molecule is CC(C)(C)c1cc2c(cc1Cl)C=C(C(=O)Cl)[C@@H](C(F)(F)F)O2. The molecule has 0 fully saturated rings. The second-order valence-corrected chi connectivity index (χ2v) is 6.78. The van der Waals surface area contributed by atoms with Gasteiger partial charge < -0.3 is 4.74 Å². The van der Waals surface area contributed by atoms with Crippen molar-refractivity contribution < 1.29 is 22.7 Å². The minimum atomic E-state index is -4.74. The summed E-state index contributed by atoms with van der Waals surface area (Å²) in [5.41, 5.74) is -0.0678. The van der Waals surface area contributed by atoms with Gasteiger partial charge in [0.15, 0.2) is 0 Å². The molecule has 0 bridgehead atoms. The molecule has 0 unspecified atom stereocenters. The Morgan fingerprint density at radius 3 is 2.27 bits per heavy atom. The molecule has 1 aliphatic heterocycles. The number of alkyl halides is 3. The number of fused-ring (bicyclic) bond motifs is 1. The molecule has 1 heterocycles. The van der Waals surface area contributed by atoms with E-state index in [4.69, 9.17) is 27.9 Å². The van der Waals surface area contributed by atoms with Gasteiger partial charge in [-0.2, -0.15) is 13.2 Å². The molecule has 0 amide bonds. The average Bonchev–Trinajstić information content (AvgIpc) is 2.33. The fourth-order valence-corrected chi connectivity index (χ4v) is 2.80. The van der Waals surface area contributed by atoms with Crippen molar-refractivity contribution in [1.82, 2.24) is 0 Å². The van der Waals surface area contributed by atoms with Crippen LogP contribution in [0.25, 0.3) is 6.08 Å². The second-order valence-electron chi connectivity index (χ2n) is 6.03. The summed E-state index contributed by atoms with van der Waals surface area (Å²) >= 11 is 11.4. The minimum Gasteiger partial charge on any atom is -0.475 e. The Morgan fingerprint density at radius 2 is 1.82 bits per heavy atom. The topological polar surface area (TPSA) is 26.3 Å². The molecule has 1 aliphatic rings. The van der Waals surface area contributed by atoms with Gasteiger partial charge in [-0.05, 0) is 40.8 Å². The van der Waals surface area contributed by atoms with E-state index in [2.05, 4.69) is 0 Å². The summed E-state index contributed by atoms with van der Waals surface area (Å²) in [5, 5.41) is -0.818. The number of halogens is 5. The first kappa shape index (κ1) is 17.2. The third kappa shape index (κ3) is 3.25. The molecule has 0 saturated carbocycles. The quantitative estimate of drug-likeness (QED) is 0.656. The third-order valence-electron chi connectivity index (χ3n) is 3.27. The molecule has 0 aromatic heterocycles. The summed E-state index contributed by atoms with van der Waals surface area (Å²) in [6.45, 7) is 5.65. The van der Waals surface area contributed by atoms with Crippen molar-refractivity contribution in [3.05, 3.63) is 33.9 Å². The largest absolute Gasteiger partial charge is 0.475 e. The van der Waals surface area contributed by atoms with Crippen LogP contribution in [-0.2, 0) is 10.2 Å². The molecule has 7 heteroatoms. The van der Waals surface area contributed by atoms with Gasteiger partial charge in [0.1, 0.15) is 5.75 Å². The first-order chi connectivity index (χ1) is 9.91. The van der Waals surface area contributed by atoms with Crippen LogP contribution in [0.3, 0.4) is 0 Å². The molecule has 0 aliphatic carbocycles. The molecule has 0 radical (unpaired) electrons. The lowest BCUT2D eigenvalue weighted by atomic mass is 9.85. The smallest absolute Gasteiger partial charge is 0.429 e. The summed E-state index contributed by atoms with van der Waals surface area (Å²) in [7, 11) is 0. The van der Waals surface area contributed by atoms with Gasteiger partial charge in [0.05, 0.1) is 5.57 Å². The summed E-state index contributed by atoms with van der Waals surface area (Å²) < 4.78 is 44.2. The normalized spacial score (nSPS) is 18.4. The maximum atomic E-state index is 13.1. The van der Waals surface area contributed by atoms with Gasteiger partial charge in [0, 0.05) is 10.6 Å². The molecule has 2 rings (SSSR count). The fraction of sp³-hybridized carbons (Fsp3) is 0.400. The number of carbonyl (C=O) groups excluding carboxylic acids is 1. The fourth-order valence-electron chi connectivity index (χ4n) is 2.19. The van der Waals surface area contributed by atoms with Crippen LogP contribution in [0.15, 0.2) is 17.7 Å². The van der Waals surface area contributed by atoms with E-state index in [1.165, 1.54) is 12.1 Å². The van der Waals surface area contributed by atoms with Crippen molar-refractivity contribution >= 4 is 34.5 Å². The maximum absolute atomic E-state index is 13.1. The van der Waals surface area contributed by atoms with E-state index in [0.717, 1.165) is 6.08 Å². The lowest BCUT2D eigenvalue weighted by Gasteiger charge is -2.29. The number of hydrogen-bond donors (Lipinski definition) is 0. The molecule has 22 heavy (non-hydrogen) atoms. The van der Waals surface area contributed by atoms with Gasteiger partial charge in [-0.25, -0.2) is 0 Å². The monoisotopic (exact) mass is 352 g/mol. The van der Waals surface area contributed by atoms with E-state index in [1.807, 2.05) is 20.8 Å². The number of carbonyl (C=O) groups is 1. The van der Waals surface area contributed by atoms with E-state index in [-0.39, 0.29) is 11.2 Å². The van der Waals surface area contributed by atoms with Gasteiger partial charge >= 0.3 is 6.18 Å². The van der Waals surface area contributed by atoms with Crippen LogP contribution in [0.5, 0.6) is 5.75 Å². The van der Waals surface area contributed by atoms with Crippen molar-refractivity contribution in [3.8, 4) is 5.75 Å². The van der Waals surface area contributed by atoms with E-state index in [9.17, 15) is 18.0 Å². The Labute approximate surface area is 135 Å². The number of ether oxygens (including phenoxy) is 1. The first-order valence-corrected chi connectivity index (χ1v) is 7.15. The zero-order chi connectivity index (χ0) is 16.9. The van der Waals surface area contributed by atoms with Crippen molar-refractivity contribution in [2.45, 2.75) is 38.5 Å². The van der Waals surface area contributed by atoms with Crippen LogP contribution in [0.4, 0.5) is 13.2 Å². The van der Waals surface area contributed by atoms with Crippen molar-refractivity contribution in [1.29, 1.82) is 0 Å². The molecule has 1 atom stereocenters. The van der Waals surface area contributed by atoms with Gasteiger partial charge in [0.25, 0.3) is 5.24 Å². The first-order valence-electron chi connectivity index (χ1n) is 6.40. The highest BCUT2D eigenvalue weighted by Gasteiger charge is 2.48. The highest BCUT2D eigenvalue weighted by atomic mass is 35.5. The summed E-state index contributed by atoms with van der Waals surface area (Å²) in [6.07, 6.45) is -6.04. The molecular weight excluding hydrogens is 340 g/mol. The van der Waals surface area contributed by atoms with Gasteiger partial charge in [-0.15, -0.1) is 0 Å². The standard InChI is InChI=1S/C15H13Cl2F3O2/c1-14(2,3)9-6-11-7(5-10(9)16)4-8(13(17)21)12(22-11)15(18,19)20/h4-6,12H,1-3H3/t12-/m0/s1. The van der Waals surface area contributed by atoms with Gasteiger partial charge in [-0.1, -0.05) is 32.4 Å². The molecule has 0 spiro atoms. The number of hydrogen-bond acceptors (Lipinski definition) is 2. The summed E-state index contributed by atoms with van der Waals surface area (Å²) in [5.74, 6) is 0.0262. The van der Waals surface area contributed by atoms with Crippen molar-refractivity contribution in [2.75, 3.05) is 0 Å². The predicted octanol–water partition coefficient (Wildman–Crippen LogP) is 5.11. The molecule has 2 nitrogen and oxygen atoms in total. The molecule has 1 aromatic carbocycles. The van der Waals surface area contributed by atoms with E-state index >= 15 is 0 Å². The Hall–Kier alpha value is -1.20. The summed E-state index contributed by atoms with van der Waals surface area (Å²) in [6, 6.07) is 2.95. The second kappa shape index (κ2) is 5.46. The van der Waals surface area contributed by atoms with E-state index < -0.39 is 23.1 Å². The minimum absolute atomic E-state index is 0.0262. The Morgan fingerprint density at radius 1 is 1.23 bits per heavy atom. The van der Waals surface area contributed by atoms with Gasteiger partial charge in [0.2, 0.25) is 6.10 Å². The van der Waals surface area contributed by atoms with Crippen molar-refractivity contribution in [3.63, 3.8) is 0 Å². The zero-order valence-electron chi connectivity index (χ0n) is 12.0. The molecular formula is C15H13Cl2F3O2. The highest BCUT2D eigenvalue weighted by molar-refractivity contribution is 6.68. The maximum Gasteiger partial charge on any atom is 0.429 e. The zero-order valence-corrected chi connectivity index (χ0v) is 13.5. The molecule has 0 N–H and O–H groups in total. The van der Waals surface area contributed by atoms with E-state index in [0.29, 0.717) is 16.1 Å². The highest BCUT2D eigenvalue weighted by Crippen LogP contribution is 2.42. The molecule has 0 saturated heterocycles. The molecule has 1 aromatic rings. The lowest BCUT2D eigenvalue weighted by Crippen LogP contribution is -2.39. The lowest BCUT2D eigenvalue weighted by molar-refractivity contribution is -0.184.